The van der Waals surface area contributed by atoms with Crippen molar-refractivity contribution in [1.29, 1.82) is 0 Å². The molecule has 2 amide bonds. The quantitative estimate of drug-likeness (QED) is 0.466. The van der Waals surface area contributed by atoms with Crippen molar-refractivity contribution in [2.45, 2.75) is 13.8 Å². The van der Waals surface area contributed by atoms with Gasteiger partial charge < -0.3 is 4.79 Å². The number of aldehydes is 1. The fourth-order valence-electron chi connectivity index (χ4n) is 1.51. The second-order valence-electron chi connectivity index (χ2n) is 3.81. The van der Waals surface area contributed by atoms with Crippen LogP contribution < -0.4 is 0 Å². The maximum Gasteiger partial charge on any atom is 0.243 e. The second kappa shape index (κ2) is 5.02. The number of likely N-dealkylation sites (N-methyl/N-ethyl adjacent to an activating group) is 1. The van der Waals surface area contributed by atoms with Crippen molar-refractivity contribution in [3.05, 3.63) is 0 Å². The third-order valence-corrected chi connectivity index (χ3v) is 2.47. The van der Waals surface area contributed by atoms with Crippen molar-refractivity contribution in [3.8, 4) is 0 Å². The van der Waals surface area contributed by atoms with E-state index in [1.54, 1.807) is 11.8 Å². The lowest BCUT2D eigenvalue weighted by Crippen LogP contribution is -2.54. The molecule has 5 heteroatoms. The van der Waals surface area contributed by atoms with Gasteiger partial charge in [-0.05, 0) is 6.54 Å². The van der Waals surface area contributed by atoms with E-state index < -0.39 is 0 Å². The van der Waals surface area contributed by atoms with E-state index in [9.17, 15) is 14.4 Å². The van der Waals surface area contributed by atoms with E-state index in [4.69, 9.17) is 0 Å². The van der Waals surface area contributed by atoms with E-state index in [1.807, 2.05) is 6.92 Å². The normalized spacial score (nSPS) is 20.5. The number of piperazine rings is 1. The number of nitrogens with zero attached hydrogens (tertiary/aromatic N) is 2. The molecule has 1 aliphatic rings. The van der Waals surface area contributed by atoms with Crippen molar-refractivity contribution < 1.29 is 14.4 Å². The Bertz CT molecular complexity index is 260. The summed E-state index contributed by atoms with van der Waals surface area (Å²) in [6, 6.07) is 0. The molecule has 1 aliphatic heterocycles. The molecule has 0 N–H and O–H groups in total. The second-order valence-corrected chi connectivity index (χ2v) is 3.81. The highest BCUT2D eigenvalue weighted by molar-refractivity contribution is 5.99. The smallest absolute Gasteiger partial charge is 0.243 e. The summed E-state index contributed by atoms with van der Waals surface area (Å²) in [5.41, 5.74) is 0. The zero-order valence-corrected chi connectivity index (χ0v) is 9.10. The summed E-state index contributed by atoms with van der Waals surface area (Å²) >= 11 is 0. The van der Waals surface area contributed by atoms with Gasteiger partial charge in [0.05, 0.1) is 13.1 Å². The largest absolute Gasteiger partial charge is 0.303 e. The van der Waals surface area contributed by atoms with Crippen molar-refractivity contribution in [3.63, 3.8) is 0 Å². The van der Waals surface area contributed by atoms with Crippen LogP contribution in [0, 0.1) is 5.92 Å². The Morgan fingerprint density at radius 2 is 1.87 bits per heavy atom. The summed E-state index contributed by atoms with van der Waals surface area (Å²) < 4.78 is 0. The van der Waals surface area contributed by atoms with Gasteiger partial charge in [-0.2, -0.15) is 0 Å². The van der Waals surface area contributed by atoms with E-state index in [0.717, 1.165) is 6.29 Å². The van der Waals surface area contributed by atoms with E-state index in [1.165, 1.54) is 4.90 Å². The fourth-order valence-corrected chi connectivity index (χ4v) is 1.51. The lowest BCUT2D eigenvalue weighted by atomic mass is 10.1. The van der Waals surface area contributed by atoms with Gasteiger partial charge in [-0.25, -0.2) is 0 Å². The summed E-state index contributed by atoms with van der Waals surface area (Å²) in [6.45, 7) is 5.04. The number of amides is 2. The van der Waals surface area contributed by atoms with Gasteiger partial charge in [0, 0.05) is 12.5 Å². The minimum Gasteiger partial charge on any atom is -0.303 e. The molecule has 1 rings (SSSR count). The highest BCUT2D eigenvalue weighted by Crippen LogP contribution is 2.07. The zero-order chi connectivity index (χ0) is 11.4. The molecule has 1 saturated heterocycles. The third-order valence-electron chi connectivity index (χ3n) is 2.47. The van der Waals surface area contributed by atoms with Gasteiger partial charge in [0.2, 0.25) is 11.8 Å². The van der Waals surface area contributed by atoms with Crippen LogP contribution in [-0.4, -0.2) is 54.1 Å². The predicted molar refractivity (Wildman–Crippen MR) is 54.1 cm³/mol. The van der Waals surface area contributed by atoms with Gasteiger partial charge in [0.25, 0.3) is 0 Å². The molecule has 0 aromatic rings. The van der Waals surface area contributed by atoms with Crippen LogP contribution in [0.4, 0.5) is 0 Å². The molecule has 0 spiro atoms. The Morgan fingerprint density at radius 1 is 1.33 bits per heavy atom. The highest BCUT2D eigenvalue weighted by Gasteiger charge is 2.30. The average molecular weight is 212 g/mol. The minimum atomic E-state index is -0.286. The van der Waals surface area contributed by atoms with E-state index in [0.29, 0.717) is 6.54 Å². The number of carbonyl (C=O) groups excluding carboxylic acids is 3. The molecule has 0 aromatic carbocycles. The lowest BCUT2D eigenvalue weighted by Gasteiger charge is -2.32. The monoisotopic (exact) mass is 212 g/mol. The molecule has 84 valence electrons. The van der Waals surface area contributed by atoms with Crippen LogP contribution in [-0.2, 0) is 14.4 Å². The third kappa shape index (κ3) is 2.86. The van der Waals surface area contributed by atoms with Crippen LogP contribution in [0.15, 0.2) is 0 Å². The maximum absolute atomic E-state index is 11.6. The minimum absolute atomic E-state index is 0.207. The van der Waals surface area contributed by atoms with Crippen molar-refractivity contribution in [1.82, 2.24) is 9.80 Å². The summed E-state index contributed by atoms with van der Waals surface area (Å²) in [5, 5.41) is 0. The fraction of sp³-hybridized carbons (Fsp3) is 0.700. The molecule has 0 bridgehead atoms. The highest BCUT2D eigenvalue weighted by atomic mass is 16.2. The van der Waals surface area contributed by atoms with Crippen molar-refractivity contribution in [2.75, 3.05) is 26.2 Å². The first-order valence-corrected chi connectivity index (χ1v) is 5.09. The SMILES string of the molecule is CCN1CC(=O)N(CC(C)C=O)C(=O)C1. The Labute approximate surface area is 89.0 Å². The molecule has 1 unspecified atom stereocenters. The number of hydrogen-bond acceptors (Lipinski definition) is 4. The number of carbonyl (C=O) groups is 3. The van der Waals surface area contributed by atoms with Gasteiger partial charge in [0.1, 0.15) is 6.29 Å². The standard InChI is InChI=1S/C10H16N2O3/c1-3-11-5-9(14)12(10(15)6-11)4-8(2)7-13/h7-8H,3-6H2,1-2H3. The van der Waals surface area contributed by atoms with Gasteiger partial charge >= 0.3 is 0 Å². The van der Waals surface area contributed by atoms with E-state index >= 15 is 0 Å². The predicted octanol–water partition coefficient (Wildman–Crippen LogP) is -0.488. The molecule has 0 aromatic heterocycles. The first kappa shape index (κ1) is 11.8. The van der Waals surface area contributed by atoms with Crippen molar-refractivity contribution in [2.24, 2.45) is 5.92 Å². The topological polar surface area (TPSA) is 57.7 Å². The number of imide groups is 1. The maximum atomic E-state index is 11.6. The van der Waals surface area contributed by atoms with Gasteiger partial charge in [0.15, 0.2) is 0 Å². The van der Waals surface area contributed by atoms with Crippen LogP contribution in [0.3, 0.4) is 0 Å². The first-order chi connectivity index (χ1) is 7.08. The molecular weight excluding hydrogens is 196 g/mol. The zero-order valence-electron chi connectivity index (χ0n) is 9.10. The molecule has 1 atom stereocenters. The molecule has 0 radical (unpaired) electrons. The Hall–Kier alpha value is -1.23. The van der Waals surface area contributed by atoms with Crippen molar-refractivity contribution >= 4 is 18.1 Å². The molecule has 1 fully saturated rings. The molecule has 15 heavy (non-hydrogen) atoms. The van der Waals surface area contributed by atoms with Gasteiger partial charge in [-0.3, -0.25) is 19.4 Å². The van der Waals surface area contributed by atoms with Crippen LogP contribution in [0.2, 0.25) is 0 Å². The molecule has 0 saturated carbocycles. The average Bonchev–Trinajstić information content (AvgIpc) is 2.22. The molecule has 5 nitrogen and oxygen atoms in total. The lowest BCUT2D eigenvalue weighted by molar-refractivity contribution is -0.151. The Morgan fingerprint density at radius 3 is 2.27 bits per heavy atom. The molecule has 1 heterocycles. The summed E-state index contributed by atoms with van der Waals surface area (Å²) in [5.74, 6) is -0.699. The summed E-state index contributed by atoms with van der Waals surface area (Å²) in [4.78, 5) is 36.6. The summed E-state index contributed by atoms with van der Waals surface area (Å²) in [7, 11) is 0. The Balaban J connectivity index is 2.62. The van der Waals surface area contributed by atoms with Crippen LogP contribution in [0.5, 0.6) is 0 Å². The molecular formula is C10H16N2O3. The van der Waals surface area contributed by atoms with E-state index in [-0.39, 0.29) is 37.4 Å². The first-order valence-electron chi connectivity index (χ1n) is 5.09. The van der Waals surface area contributed by atoms with E-state index in [2.05, 4.69) is 0 Å². The molecule has 0 aliphatic carbocycles. The van der Waals surface area contributed by atoms with Gasteiger partial charge in [-0.15, -0.1) is 0 Å². The van der Waals surface area contributed by atoms with Crippen LogP contribution in [0.25, 0.3) is 0 Å². The van der Waals surface area contributed by atoms with Crippen LogP contribution >= 0.6 is 0 Å². The number of rotatable bonds is 4. The van der Waals surface area contributed by atoms with Crippen LogP contribution in [0.1, 0.15) is 13.8 Å². The van der Waals surface area contributed by atoms with Gasteiger partial charge in [-0.1, -0.05) is 13.8 Å². The number of hydrogen-bond donors (Lipinski definition) is 0. The summed E-state index contributed by atoms with van der Waals surface area (Å²) in [6.07, 6.45) is 0.757. The Kier molecular flexibility index (Phi) is 3.96.